The Morgan fingerprint density at radius 3 is 2.73 bits per heavy atom. The summed E-state index contributed by atoms with van der Waals surface area (Å²) in [5, 5.41) is 6.05. The van der Waals surface area contributed by atoms with Gasteiger partial charge >= 0.3 is 0 Å². The van der Waals surface area contributed by atoms with Gasteiger partial charge in [-0.15, -0.1) is 11.3 Å². The van der Waals surface area contributed by atoms with Gasteiger partial charge in [0, 0.05) is 34.0 Å². The molecule has 3 rings (SSSR count). The van der Waals surface area contributed by atoms with Crippen LogP contribution in [0.4, 0.5) is 5.69 Å². The number of thiazole rings is 1. The monoisotopic (exact) mass is 329 g/mol. The average Bonchev–Trinajstić information content (AvgIpc) is 3.00. The predicted molar refractivity (Wildman–Crippen MR) is 89.5 cm³/mol. The summed E-state index contributed by atoms with van der Waals surface area (Å²) in [6.07, 6.45) is 3.35. The number of aromatic nitrogens is 2. The molecule has 1 aromatic carbocycles. The quantitative estimate of drug-likeness (QED) is 0.774. The van der Waals surface area contributed by atoms with Crippen LogP contribution in [-0.2, 0) is 0 Å². The van der Waals surface area contributed by atoms with Crippen LogP contribution >= 0.6 is 22.9 Å². The first-order valence-corrected chi connectivity index (χ1v) is 7.82. The Labute approximate surface area is 136 Å². The van der Waals surface area contributed by atoms with Crippen LogP contribution in [-0.4, -0.2) is 15.9 Å². The summed E-state index contributed by atoms with van der Waals surface area (Å²) in [6, 6.07) is 9.14. The van der Waals surface area contributed by atoms with Crippen molar-refractivity contribution in [1.29, 1.82) is 0 Å². The van der Waals surface area contributed by atoms with E-state index in [2.05, 4.69) is 15.3 Å². The standard InChI is InChI=1S/C16H12ClN3OS/c1-10-8-18-7-6-13(10)19-15(21)14-9-22-16(20-14)11-2-4-12(17)5-3-11/h2-9H,1H3,(H,18,19,21). The maximum Gasteiger partial charge on any atom is 0.275 e. The van der Waals surface area contributed by atoms with Gasteiger partial charge in [0.15, 0.2) is 0 Å². The maximum absolute atomic E-state index is 12.3. The number of benzene rings is 1. The van der Waals surface area contributed by atoms with Gasteiger partial charge in [-0.2, -0.15) is 0 Å². The molecule has 0 aliphatic carbocycles. The minimum Gasteiger partial charge on any atom is -0.320 e. The highest BCUT2D eigenvalue weighted by Gasteiger charge is 2.13. The average molecular weight is 330 g/mol. The van der Waals surface area contributed by atoms with Gasteiger partial charge < -0.3 is 5.32 Å². The summed E-state index contributed by atoms with van der Waals surface area (Å²) in [5.41, 5.74) is 2.98. The van der Waals surface area contributed by atoms with Crippen LogP contribution < -0.4 is 5.32 Å². The third kappa shape index (κ3) is 3.16. The molecule has 110 valence electrons. The fourth-order valence-electron chi connectivity index (χ4n) is 1.90. The zero-order chi connectivity index (χ0) is 15.5. The molecule has 0 fully saturated rings. The van der Waals surface area contributed by atoms with Crippen molar-refractivity contribution in [2.75, 3.05) is 5.32 Å². The molecule has 0 bridgehead atoms. The van der Waals surface area contributed by atoms with E-state index in [-0.39, 0.29) is 5.91 Å². The largest absolute Gasteiger partial charge is 0.320 e. The van der Waals surface area contributed by atoms with Crippen LogP contribution in [0.5, 0.6) is 0 Å². The maximum atomic E-state index is 12.3. The van der Waals surface area contributed by atoms with Crippen LogP contribution in [0.1, 0.15) is 16.1 Å². The number of amides is 1. The lowest BCUT2D eigenvalue weighted by molar-refractivity contribution is 0.102. The first kappa shape index (κ1) is 14.7. The first-order valence-electron chi connectivity index (χ1n) is 6.57. The second kappa shape index (κ2) is 6.25. The number of nitrogens with one attached hydrogen (secondary N) is 1. The van der Waals surface area contributed by atoms with E-state index in [9.17, 15) is 4.79 Å². The highest BCUT2D eigenvalue weighted by molar-refractivity contribution is 7.13. The molecule has 2 heterocycles. The van der Waals surface area contributed by atoms with Crippen molar-refractivity contribution < 1.29 is 4.79 Å². The smallest absolute Gasteiger partial charge is 0.275 e. The zero-order valence-corrected chi connectivity index (χ0v) is 13.3. The van der Waals surface area contributed by atoms with E-state index < -0.39 is 0 Å². The fraction of sp³-hybridized carbons (Fsp3) is 0.0625. The van der Waals surface area contributed by atoms with Crippen molar-refractivity contribution in [1.82, 2.24) is 9.97 Å². The number of carbonyl (C=O) groups excluding carboxylic acids is 1. The molecule has 0 saturated heterocycles. The lowest BCUT2D eigenvalue weighted by Gasteiger charge is -2.05. The van der Waals surface area contributed by atoms with Crippen LogP contribution in [0.2, 0.25) is 5.02 Å². The summed E-state index contributed by atoms with van der Waals surface area (Å²) in [6.45, 7) is 1.89. The molecule has 0 aliphatic heterocycles. The summed E-state index contributed by atoms with van der Waals surface area (Å²) in [7, 11) is 0. The van der Waals surface area contributed by atoms with E-state index >= 15 is 0 Å². The predicted octanol–water partition coefficient (Wildman–Crippen LogP) is 4.42. The molecule has 0 unspecified atom stereocenters. The minimum atomic E-state index is -0.231. The van der Waals surface area contributed by atoms with E-state index in [0.29, 0.717) is 10.7 Å². The normalized spacial score (nSPS) is 10.5. The van der Waals surface area contributed by atoms with Crippen molar-refractivity contribution in [3.05, 3.63) is 64.4 Å². The van der Waals surface area contributed by atoms with Gasteiger partial charge in [0.2, 0.25) is 0 Å². The number of hydrogen-bond acceptors (Lipinski definition) is 4. The van der Waals surface area contributed by atoms with Gasteiger partial charge in [0.25, 0.3) is 5.91 Å². The van der Waals surface area contributed by atoms with Gasteiger partial charge in [-0.05, 0) is 30.7 Å². The van der Waals surface area contributed by atoms with Gasteiger partial charge in [-0.25, -0.2) is 4.98 Å². The second-order valence-electron chi connectivity index (χ2n) is 4.69. The molecule has 3 aromatic rings. The lowest BCUT2D eigenvalue weighted by atomic mass is 10.2. The highest BCUT2D eigenvalue weighted by atomic mass is 35.5. The molecule has 0 saturated carbocycles. The Kier molecular flexibility index (Phi) is 4.18. The molecule has 6 heteroatoms. The molecule has 0 spiro atoms. The van der Waals surface area contributed by atoms with Crippen molar-refractivity contribution >= 4 is 34.5 Å². The van der Waals surface area contributed by atoms with Crippen LogP contribution in [0.25, 0.3) is 10.6 Å². The Morgan fingerprint density at radius 1 is 1.23 bits per heavy atom. The van der Waals surface area contributed by atoms with Crippen LogP contribution in [0.15, 0.2) is 48.1 Å². The van der Waals surface area contributed by atoms with Crippen LogP contribution in [0.3, 0.4) is 0 Å². The van der Waals surface area contributed by atoms with E-state index in [4.69, 9.17) is 11.6 Å². The molecule has 4 nitrogen and oxygen atoms in total. The third-order valence-corrected chi connectivity index (χ3v) is 4.24. The number of pyridine rings is 1. The fourth-order valence-corrected chi connectivity index (χ4v) is 2.84. The zero-order valence-electron chi connectivity index (χ0n) is 11.7. The van der Waals surface area contributed by atoms with E-state index in [1.807, 2.05) is 19.1 Å². The number of rotatable bonds is 3. The SMILES string of the molecule is Cc1cnccc1NC(=O)c1csc(-c2ccc(Cl)cc2)n1. The number of carbonyl (C=O) groups is 1. The number of aryl methyl sites for hydroxylation is 1. The molecule has 0 aliphatic rings. The first-order chi connectivity index (χ1) is 10.6. The van der Waals surface area contributed by atoms with Crippen molar-refractivity contribution in [2.45, 2.75) is 6.92 Å². The summed E-state index contributed by atoms with van der Waals surface area (Å²) >= 11 is 7.30. The molecular formula is C16H12ClN3OS. The molecular weight excluding hydrogens is 318 g/mol. The van der Waals surface area contributed by atoms with Gasteiger partial charge in [-0.3, -0.25) is 9.78 Å². The Hall–Kier alpha value is -2.24. The molecule has 2 aromatic heterocycles. The number of nitrogens with zero attached hydrogens (tertiary/aromatic N) is 2. The minimum absolute atomic E-state index is 0.231. The van der Waals surface area contributed by atoms with Crippen molar-refractivity contribution in [3.8, 4) is 10.6 Å². The van der Waals surface area contributed by atoms with Crippen molar-refractivity contribution in [3.63, 3.8) is 0 Å². The van der Waals surface area contributed by atoms with Gasteiger partial charge in [-0.1, -0.05) is 23.7 Å². The third-order valence-electron chi connectivity index (χ3n) is 3.10. The molecule has 0 radical (unpaired) electrons. The number of anilines is 1. The Balaban J connectivity index is 1.80. The molecule has 1 amide bonds. The van der Waals surface area contributed by atoms with Gasteiger partial charge in [0.05, 0.1) is 0 Å². The second-order valence-corrected chi connectivity index (χ2v) is 5.98. The summed E-state index contributed by atoms with van der Waals surface area (Å²) < 4.78 is 0. The molecule has 22 heavy (non-hydrogen) atoms. The highest BCUT2D eigenvalue weighted by Crippen LogP contribution is 2.25. The number of halogens is 1. The van der Waals surface area contributed by atoms with E-state index in [1.54, 1.807) is 36.0 Å². The van der Waals surface area contributed by atoms with E-state index in [1.165, 1.54) is 11.3 Å². The molecule has 1 N–H and O–H groups in total. The van der Waals surface area contributed by atoms with Crippen LogP contribution in [0, 0.1) is 6.92 Å². The summed E-state index contributed by atoms with van der Waals surface area (Å²) in [4.78, 5) is 20.6. The Bertz CT molecular complexity index is 814. The van der Waals surface area contributed by atoms with Gasteiger partial charge in [0.1, 0.15) is 10.7 Å². The van der Waals surface area contributed by atoms with E-state index in [0.717, 1.165) is 21.8 Å². The van der Waals surface area contributed by atoms with Crippen molar-refractivity contribution in [2.24, 2.45) is 0 Å². The Morgan fingerprint density at radius 2 is 2.00 bits per heavy atom. The number of hydrogen-bond donors (Lipinski definition) is 1. The molecule has 0 atom stereocenters. The lowest BCUT2D eigenvalue weighted by Crippen LogP contribution is -2.13. The summed E-state index contributed by atoms with van der Waals surface area (Å²) in [5.74, 6) is -0.231. The topological polar surface area (TPSA) is 54.9 Å².